The van der Waals surface area contributed by atoms with Crippen LogP contribution in [0.25, 0.3) is 6.08 Å². The monoisotopic (exact) mass is 398 g/mol. The Morgan fingerprint density at radius 3 is 1.34 bits per heavy atom. The molecule has 1 aromatic rings. The fourth-order valence-corrected chi connectivity index (χ4v) is 4.04. The second-order valence-corrected chi connectivity index (χ2v) is 8.69. The van der Waals surface area contributed by atoms with E-state index >= 15 is 0 Å². The van der Waals surface area contributed by atoms with Crippen LogP contribution in [0.2, 0.25) is 0 Å². The SMILES string of the molecule is [CH]=Cc1ccc(N(CCCCCCCCCC)CCCCCCCCCC)cc1. The van der Waals surface area contributed by atoms with E-state index in [0.717, 1.165) is 5.56 Å². The second-order valence-electron chi connectivity index (χ2n) is 8.69. The van der Waals surface area contributed by atoms with E-state index in [0.29, 0.717) is 0 Å². The van der Waals surface area contributed by atoms with Crippen LogP contribution in [0.3, 0.4) is 0 Å². The minimum atomic E-state index is 1.10. The van der Waals surface area contributed by atoms with Gasteiger partial charge in [-0.05, 0) is 30.5 Å². The highest BCUT2D eigenvalue weighted by Crippen LogP contribution is 2.19. The normalized spacial score (nSPS) is 11.0. The highest BCUT2D eigenvalue weighted by atomic mass is 15.1. The summed E-state index contributed by atoms with van der Waals surface area (Å²) >= 11 is 0. The molecule has 0 N–H and O–H groups in total. The van der Waals surface area contributed by atoms with E-state index in [-0.39, 0.29) is 0 Å². The van der Waals surface area contributed by atoms with Gasteiger partial charge in [0.1, 0.15) is 0 Å². The molecule has 1 aromatic carbocycles. The van der Waals surface area contributed by atoms with E-state index in [1.807, 2.05) is 0 Å². The van der Waals surface area contributed by atoms with Crippen LogP contribution in [-0.2, 0) is 0 Å². The van der Waals surface area contributed by atoms with E-state index in [2.05, 4.69) is 43.0 Å². The molecule has 165 valence electrons. The van der Waals surface area contributed by atoms with E-state index in [1.165, 1.54) is 122 Å². The van der Waals surface area contributed by atoms with Gasteiger partial charge < -0.3 is 4.90 Å². The molecule has 0 fully saturated rings. The topological polar surface area (TPSA) is 3.24 Å². The molecule has 29 heavy (non-hydrogen) atoms. The molecule has 0 spiro atoms. The van der Waals surface area contributed by atoms with Gasteiger partial charge in [0.2, 0.25) is 0 Å². The van der Waals surface area contributed by atoms with Crippen molar-refractivity contribution in [3.8, 4) is 0 Å². The standard InChI is InChI=1S/C28H48N/c1-4-7-9-11-13-15-17-19-25-29(28-23-21-27(6-3)22-24-28)26-20-18-16-14-12-10-8-5-2/h3,6,21-24H,4-5,7-20,25-26H2,1-2H3. The Morgan fingerprint density at radius 2 is 0.966 bits per heavy atom. The van der Waals surface area contributed by atoms with E-state index in [4.69, 9.17) is 6.58 Å². The smallest absolute Gasteiger partial charge is 0.0366 e. The zero-order valence-electron chi connectivity index (χ0n) is 19.6. The average molecular weight is 399 g/mol. The van der Waals surface area contributed by atoms with Gasteiger partial charge in [-0.2, -0.15) is 0 Å². The highest BCUT2D eigenvalue weighted by molar-refractivity contribution is 5.54. The third kappa shape index (κ3) is 13.6. The minimum Gasteiger partial charge on any atom is -0.372 e. The van der Waals surface area contributed by atoms with Crippen molar-refractivity contribution in [1.29, 1.82) is 0 Å². The molecular weight excluding hydrogens is 350 g/mol. The van der Waals surface area contributed by atoms with E-state index in [9.17, 15) is 0 Å². The molecule has 1 heteroatoms. The molecule has 0 unspecified atom stereocenters. The molecular formula is C28H48N. The Bertz CT molecular complexity index is 456. The summed E-state index contributed by atoms with van der Waals surface area (Å²) in [5.74, 6) is 0. The van der Waals surface area contributed by atoms with Crippen LogP contribution in [0.15, 0.2) is 24.3 Å². The molecule has 1 rings (SSSR count). The average Bonchev–Trinajstić information content (AvgIpc) is 2.76. The van der Waals surface area contributed by atoms with Crippen molar-refractivity contribution >= 4 is 11.8 Å². The van der Waals surface area contributed by atoms with Gasteiger partial charge in [0.15, 0.2) is 0 Å². The number of nitrogens with zero attached hydrogens (tertiary/aromatic N) is 1. The lowest BCUT2D eigenvalue weighted by molar-refractivity contribution is 0.555. The number of benzene rings is 1. The van der Waals surface area contributed by atoms with Gasteiger partial charge in [0.25, 0.3) is 0 Å². The van der Waals surface area contributed by atoms with Gasteiger partial charge in [-0.3, -0.25) is 0 Å². The molecule has 0 bridgehead atoms. The molecule has 0 aliphatic heterocycles. The Kier molecular flexibility index (Phi) is 16.7. The molecule has 0 saturated carbocycles. The number of hydrogen-bond acceptors (Lipinski definition) is 1. The fraction of sp³-hybridized carbons (Fsp3) is 0.714. The molecule has 1 nitrogen and oxygen atoms in total. The van der Waals surface area contributed by atoms with Crippen LogP contribution in [0, 0.1) is 6.58 Å². The zero-order chi connectivity index (χ0) is 21.0. The van der Waals surface area contributed by atoms with Crippen molar-refractivity contribution in [3.63, 3.8) is 0 Å². The first-order valence-corrected chi connectivity index (χ1v) is 12.7. The molecule has 0 amide bonds. The lowest BCUT2D eigenvalue weighted by Gasteiger charge is -2.25. The molecule has 0 heterocycles. The number of anilines is 1. The van der Waals surface area contributed by atoms with Gasteiger partial charge in [0, 0.05) is 18.8 Å². The summed E-state index contributed by atoms with van der Waals surface area (Å²) in [6.07, 6.45) is 23.9. The fourth-order valence-electron chi connectivity index (χ4n) is 4.04. The molecule has 0 atom stereocenters. The van der Waals surface area contributed by atoms with Crippen LogP contribution in [0.4, 0.5) is 5.69 Å². The summed E-state index contributed by atoms with van der Waals surface area (Å²) in [6, 6.07) is 8.77. The van der Waals surface area contributed by atoms with E-state index < -0.39 is 0 Å². The van der Waals surface area contributed by atoms with Gasteiger partial charge in [-0.15, -0.1) is 0 Å². The van der Waals surface area contributed by atoms with Gasteiger partial charge >= 0.3 is 0 Å². The second kappa shape index (κ2) is 18.8. The van der Waals surface area contributed by atoms with Gasteiger partial charge in [-0.25, -0.2) is 0 Å². The van der Waals surface area contributed by atoms with Crippen molar-refractivity contribution in [1.82, 2.24) is 0 Å². The number of unbranched alkanes of at least 4 members (excludes halogenated alkanes) is 14. The summed E-state index contributed by atoms with van der Waals surface area (Å²) < 4.78 is 0. The maximum Gasteiger partial charge on any atom is 0.0366 e. The largest absolute Gasteiger partial charge is 0.372 e. The van der Waals surface area contributed by atoms with Crippen molar-refractivity contribution < 1.29 is 0 Å². The van der Waals surface area contributed by atoms with Crippen LogP contribution < -0.4 is 4.90 Å². The first kappa shape index (κ1) is 25.8. The van der Waals surface area contributed by atoms with Crippen molar-refractivity contribution in [2.24, 2.45) is 0 Å². The summed E-state index contributed by atoms with van der Waals surface area (Å²) in [5, 5.41) is 0. The predicted molar refractivity (Wildman–Crippen MR) is 133 cm³/mol. The molecule has 0 aromatic heterocycles. The maximum absolute atomic E-state index is 5.65. The quantitative estimate of drug-likeness (QED) is 0.198. The Hall–Kier alpha value is -1.24. The van der Waals surface area contributed by atoms with Crippen LogP contribution >= 0.6 is 0 Å². The van der Waals surface area contributed by atoms with Gasteiger partial charge in [-0.1, -0.05) is 129 Å². The van der Waals surface area contributed by atoms with Crippen molar-refractivity contribution in [2.75, 3.05) is 18.0 Å². The highest BCUT2D eigenvalue weighted by Gasteiger charge is 2.06. The van der Waals surface area contributed by atoms with Crippen LogP contribution in [-0.4, -0.2) is 13.1 Å². The maximum atomic E-state index is 5.65. The molecule has 1 radical (unpaired) electrons. The number of rotatable bonds is 20. The third-order valence-corrected chi connectivity index (χ3v) is 6.01. The summed E-state index contributed by atoms with van der Waals surface area (Å²) in [4.78, 5) is 2.61. The summed E-state index contributed by atoms with van der Waals surface area (Å²) in [5.41, 5.74) is 2.47. The van der Waals surface area contributed by atoms with E-state index in [1.54, 1.807) is 6.08 Å². The van der Waals surface area contributed by atoms with Crippen molar-refractivity contribution in [3.05, 3.63) is 36.4 Å². The Morgan fingerprint density at radius 1 is 0.586 bits per heavy atom. The zero-order valence-corrected chi connectivity index (χ0v) is 19.6. The van der Waals surface area contributed by atoms with Crippen LogP contribution in [0.1, 0.15) is 122 Å². The molecule has 0 saturated heterocycles. The third-order valence-electron chi connectivity index (χ3n) is 6.01. The lowest BCUT2D eigenvalue weighted by atomic mass is 10.1. The Labute approximate surface area is 183 Å². The predicted octanol–water partition coefficient (Wildman–Crippen LogP) is 9.22. The molecule has 0 aliphatic carbocycles. The summed E-state index contributed by atoms with van der Waals surface area (Å²) in [7, 11) is 0. The first-order valence-electron chi connectivity index (χ1n) is 12.7. The minimum absolute atomic E-state index is 1.10. The number of hydrogen-bond donors (Lipinski definition) is 0. The molecule has 0 aliphatic rings. The first-order chi connectivity index (χ1) is 14.3. The Balaban J connectivity index is 2.30. The van der Waals surface area contributed by atoms with Crippen LogP contribution in [0.5, 0.6) is 0 Å². The lowest BCUT2D eigenvalue weighted by Crippen LogP contribution is -2.25. The van der Waals surface area contributed by atoms with Gasteiger partial charge in [0.05, 0.1) is 0 Å². The summed E-state index contributed by atoms with van der Waals surface area (Å²) in [6.45, 7) is 12.6. The van der Waals surface area contributed by atoms with Crippen molar-refractivity contribution in [2.45, 2.75) is 117 Å².